The maximum atomic E-state index is 5.70. The Hall–Kier alpha value is -1.06. The highest BCUT2D eigenvalue weighted by Gasteiger charge is 1.97. The first-order valence-corrected chi connectivity index (χ1v) is 7.13. The minimum absolute atomic E-state index is 0.709. The van der Waals surface area contributed by atoms with Crippen molar-refractivity contribution in [3.63, 3.8) is 0 Å². The lowest BCUT2D eigenvalue weighted by molar-refractivity contribution is 0.202. The molecule has 0 saturated heterocycles. The van der Waals surface area contributed by atoms with Crippen molar-refractivity contribution in [1.82, 2.24) is 5.32 Å². The molecule has 19 heavy (non-hydrogen) atoms. The van der Waals surface area contributed by atoms with Crippen molar-refractivity contribution in [2.24, 2.45) is 5.92 Å². The van der Waals surface area contributed by atoms with Gasteiger partial charge in [-0.05, 0) is 49.5 Å². The Kier molecular flexibility index (Phi) is 8.26. The van der Waals surface area contributed by atoms with Crippen LogP contribution in [0.4, 0.5) is 0 Å². The molecule has 3 heteroatoms. The van der Waals surface area contributed by atoms with Crippen LogP contribution in [0.1, 0.15) is 25.8 Å². The molecule has 1 N–H and O–H groups in total. The molecule has 108 valence electrons. The van der Waals surface area contributed by atoms with E-state index >= 15 is 0 Å². The maximum Gasteiger partial charge on any atom is 0.119 e. The summed E-state index contributed by atoms with van der Waals surface area (Å²) < 4.78 is 10.8. The summed E-state index contributed by atoms with van der Waals surface area (Å²) in [6, 6.07) is 8.27. The zero-order valence-electron chi connectivity index (χ0n) is 12.4. The Morgan fingerprint density at radius 3 is 2.47 bits per heavy atom. The fraction of sp³-hybridized carbons (Fsp3) is 0.625. The second kappa shape index (κ2) is 9.82. The molecule has 0 aromatic heterocycles. The van der Waals surface area contributed by atoms with Crippen molar-refractivity contribution in [1.29, 1.82) is 0 Å². The van der Waals surface area contributed by atoms with Gasteiger partial charge in [0.05, 0.1) is 13.2 Å². The lowest BCUT2D eigenvalue weighted by Gasteiger charge is -2.09. The summed E-state index contributed by atoms with van der Waals surface area (Å²) in [5.41, 5.74) is 1.29. The Balaban J connectivity index is 2.12. The molecule has 0 atom stereocenters. The van der Waals surface area contributed by atoms with E-state index in [2.05, 4.69) is 31.3 Å². The molecular weight excluding hydrogens is 238 g/mol. The molecule has 0 spiro atoms. The van der Waals surface area contributed by atoms with Gasteiger partial charge in [-0.15, -0.1) is 0 Å². The summed E-state index contributed by atoms with van der Waals surface area (Å²) >= 11 is 0. The number of ether oxygens (including phenoxy) is 2. The molecule has 0 bridgehead atoms. The average molecular weight is 265 g/mol. The molecular formula is C16H27NO2. The molecule has 0 aliphatic carbocycles. The van der Waals surface area contributed by atoms with Gasteiger partial charge in [-0.25, -0.2) is 0 Å². The van der Waals surface area contributed by atoms with Crippen molar-refractivity contribution in [2.45, 2.75) is 26.7 Å². The second-order valence-corrected chi connectivity index (χ2v) is 5.19. The first kappa shape index (κ1) is 16.0. The molecule has 0 saturated carbocycles. The number of hydrogen-bond acceptors (Lipinski definition) is 3. The predicted molar refractivity (Wildman–Crippen MR) is 79.8 cm³/mol. The highest BCUT2D eigenvalue weighted by molar-refractivity contribution is 5.27. The lowest BCUT2D eigenvalue weighted by Crippen LogP contribution is -2.22. The van der Waals surface area contributed by atoms with E-state index in [4.69, 9.17) is 9.47 Å². The Morgan fingerprint density at radius 2 is 1.84 bits per heavy atom. The fourth-order valence-electron chi connectivity index (χ4n) is 1.75. The maximum absolute atomic E-state index is 5.70. The minimum atomic E-state index is 0.709. The summed E-state index contributed by atoms with van der Waals surface area (Å²) in [6.07, 6.45) is 1.99. The fourth-order valence-corrected chi connectivity index (χ4v) is 1.75. The van der Waals surface area contributed by atoms with Crippen LogP contribution < -0.4 is 10.1 Å². The van der Waals surface area contributed by atoms with Gasteiger partial charge in [0.15, 0.2) is 0 Å². The quantitative estimate of drug-likeness (QED) is 0.660. The van der Waals surface area contributed by atoms with Crippen molar-refractivity contribution in [3.05, 3.63) is 29.8 Å². The van der Waals surface area contributed by atoms with Crippen LogP contribution in [0.15, 0.2) is 24.3 Å². The average Bonchev–Trinajstić information content (AvgIpc) is 2.41. The third-order valence-corrected chi connectivity index (χ3v) is 2.84. The smallest absolute Gasteiger partial charge is 0.119 e. The zero-order valence-corrected chi connectivity index (χ0v) is 12.4. The van der Waals surface area contributed by atoms with Crippen LogP contribution in [0.5, 0.6) is 5.75 Å². The Bertz CT molecular complexity index is 322. The van der Waals surface area contributed by atoms with Crippen LogP contribution in [0.3, 0.4) is 0 Å². The molecule has 0 aliphatic rings. The van der Waals surface area contributed by atoms with E-state index < -0.39 is 0 Å². The van der Waals surface area contributed by atoms with Gasteiger partial charge < -0.3 is 14.8 Å². The highest BCUT2D eigenvalue weighted by Crippen LogP contribution is 2.12. The van der Waals surface area contributed by atoms with Gasteiger partial charge in [0.2, 0.25) is 0 Å². The van der Waals surface area contributed by atoms with Crippen molar-refractivity contribution in [3.8, 4) is 5.75 Å². The van der Waals surface area contributed by atoms with Crippen LogP contribution >= 0.6 is 0 Å². The Labute approximate surface area is 117 Å². The minimum Gasteiger partial charge on any atom is -0.494 e. The molecule has 0 heterocycles. The Morgan fingerprint density at radius 1 is 1.11 bits per heavy atom. The van der Waals surface area contributed by atoms with E-state index in [1.165, 1.54) is 5.56 Å². The van der Waals surface area contributed by atoms with Crippen LogP contribution in [-0.4, -0.2) is 33.4 Å². The molecule has 3 nitrogen and oxygen atoms in total. The summed E-state index contributed by atoms with van der Waals surface area (Å²) in [5.74, 6) is 1.66. The van der Waals surface area contributed by atoms with Crippen LogP contribution in [0.25, 0.3) is 0 Å². The molecule has 0 radical (unpaired) electrons. The number of nitrogens with one attached hydrogen (secondary N) is 1. The number of benzene rings is 1. The van der Waals surface area contributed by atoms with Gasteiger partial charge in [-0.3, -0.25) is 0 Å². The summed E-state index contributed by atoms with van der Waals surface area (Å²) in [5, 5.41) is 3.41. The zero-order chi connectivity index (χ0) is 13.9. The van der Waals surface area contributed by atoms with E-state index in [-0.39, 0.29) is 0 Å². The number of methoxy groups -OCH3 is 1. The van der Waals surface area contributed by atoms with E-state index in [0.717, 1.165) is 44.9 Å². The van der Waals surface area contributed by atoms with Gasteiger partial charge in [0, 0.05) is 7.11 Å². The van der Waals surface area contributed by atoms with E-state index in [9.17, 15) is 0 Å². The standard InChI is InChI=1S/C16H27NO2/c1-14(2)13-17-10-4-11-19-16-7-5-15(6-8-16)9-12-18-3/h5-8,14,17H,4,9-13H2,1-3H3. The van der Waals surface area contributed by atoms with Crippen molar-refractivity contribution in [2.75, 3.05) is 33.4 Å². The third-order valence-electron chi connectivity index (χ3n) is 2.84. The molecule has 1 aromatic rings. The molecule has 0 amide bonds. The largest absolute Gasteiger partial charge is 0.494 e. The lowest BCUT2D eigenvalue weighted by atomic mass is 10.1. The van der Waals surface area contributed by atoms with Gasteiger partial charge in [0.1, 0.15) is 5.75 Å². The molecule has 0 unspecified atom stereocenters. The molecule has 0 aliphatic heterocycles. The van der Waals surface area contributed by atoms with Gasteiger partial charge >= 0.3 is 0 Å². The monoisotopic (exact) mass is 265 g/mol. The second-order valence-electron chi connectivity index (χ2n) is 5.19. The van der Waals surface area contributed by atoms with E-state index in [1.807, 2.05) is 12.1 Å². The molecule has 1 rings (SSSR count). The van der Waals surface area contributed by atoms with E-state index in [0.29, 0.717) is 5.92 Å². The van der Waals surface area contributed by atoms with Gasteiger partial charge in [-0.2, -0.15) is 0 Å². The van der Waals surface area contributed by atoms with Crippen LogP contribution in [0.2, 0.25) is 0 Å². The van der Waals surface area contributed by atoms with Crippen LogP contribution in [-0.2, 0) is 11.2 Å². The van der Waals surface area contributed by atoms with Crippen LogP contribution in [0, 0.1) is 5.92 Å². The number of hydrogen-bond donors (Lipinski definition) is 1. The predicted octanol–water partition coefficient (Wildman–Crippen LogP) is 2.89. The number of rotatable bonds is 10. The van der Waals surface area contributed by atoms with Crippen molar-refractivity contribution >= 4 is 0 Å². The first-order chi connectivity index (χ1) is 9.22. The third kappa shape index (κ3) is 7.85. The summed E-state index contributed by atoms with van der Waals surface area (Å²) in [6.45, 7) is 8.06. The first-order valence-electron chi connectivity index (χ1n) is 7.13. The summed E-state index contributed by atoms with van der Waals surface area (Å²) in [7, 11) is 1.73. The van der Waals surface area contributed by atoms with Gasteiger partial charge in [-0.1, -0.05) is 26.0 Å². The molecule has 0 fully saturated rings. The van der Waals surface area contributed by atoms with Gasteiger partial charge in [0.25, 0.3) is 0 Å². The normalized spacial score (nSPS) is 10.9. The summed E-state index contributed by atoms with van der Waals surface area (Å²) in [4.78, 5) is 0. The van der Waals surface area contributed by atoms with E-state index in [1.54, 1.807) is 7.11 Å². The highest BCUT2D eigenvalue weighted by atomic mass is 16.5. The molecule has 1 aromatic carbocycles. The van der Waals surface area contributed by atoms with Crippen molar-refractivity contribution < 1.29 is 9.47 Å². The SMILES string of the molecule is COCCc1ccc(OCCCNCC(C)C)cc1. The topological polar surface area (TPSA) is 30.5 Å².